The molecule has 0 aliphatic carbocycles. The molecule has 0 bridgehead atoms. The fraction of sp³-hybridized carbons (Fsp3) is 0.125. The average Bonchev–Trinajstić information content (AvgIpc) is 2.87. The predicted octanol–water partition coefficient (Wildman–Crippen LogP) is 1.74. The summed E-state index contributed by atoms with van der Waals surface area (Å²) in [6.45, 7) is 0. The van der Waals surface area contributed by atoms with Crippen molar-refractivity contribution in [2.24, 2.45) is 5.73 Å². The van der Waals surface area contributed by atoms with Crippen molar-refractivity contribution in [2.45, 2.75) is 12.5 Å². The number of hydrogen-bond acceptors (Lipinski definition) is 4. The maximum atomic E-state index is 12.0. The Labute approximate surface area is 125 Å². The number of nitrogens with two attached hydrogens (primary N) is 1. The van der Waals surface area contributed by atoms with Crippen LogP contribution in [0, 0.1) is 0 Å². The van der Waals surface area contributed by atoms with Crippen LogP contribution in [0.2, 0.25) is 0 Å². The van der Waals surface area contributed by atoms with Gasteiger partial charge in [0.2, 0.25) is 0 Å². The van der Waals surface area contributed by atoms with Crippen LogP contribution in [0.4, 0.5) is 0 Å². The summed E-state index contributed by atoms with van der Waals surface area (Å²) in [5.41, 5.74) is 6.11. The summed E-state index contributed by atoms with van der Waals surface area (Å²) < 4.78 is 5.10. The summed E-state index contributed by atoms with van der Waals surface area (Å²) in [7, 11) is 0. The highest BCUT2D eigenvalue weighted by Crippen LogP contribution is 2.25. The number of aromatic amines is 1. The molecule has 0 saturated heterocycles. The summed E-state index contributed by atoms with van der Waals surface area (Å²) >= 11 is 0. The molecular weight excluding hydrogens is 284 g/mol. The first-order chi connectivity index (χ1) is 10.6. The molecule has 1 aromatic heterocycles. The summed E-state index contributed by atoms with van der Waals surface area (Å²) in [4.78, 5) is 22.9. The normalized spacial score (nSPS) is 12.4. The molecule has 1 atom stereocenters. The molecule has 0 radical (unpaired) electrons. The molecule has 112 valence electrons. The van der Waals surface area contributed by atoms with Crippen LogP contribution in [0.15, 0.2) is 51.8 Å². The quantitative estimate of drug-likeness (QED) is 0.679. The Morgan fingerprint density at radius 1 is 1.23 bits per heavy atom. The van der Waals surface area contributed by atoms with E-state index in [2.05, 4.69) is 5.16 Å². The van der Waals surface area contributed by atoms with Crippen molar-refractivity contribution in [2.75, 3.05) is 0 Å². The lowest BCUT2D eigenvalue weighted by atomic mass is 9.99. The number of carboxylic acid groups (broad SMARTS) is 1. The molecule has 0 aliphatic heterocycles. The number of benzene rings is 2. The van der Waals surface area contributed by atoms with Crippen LogP contribution in [0.1, 0.15) is 5.76 Å². The first-order valence-electron chi connectivity index (χ1n) is 6.74. The van der Waals surface area contributed by atoms with Crippen LogP contribution in [0.25, 0.3) is 21.9 Å². The molecule has 0 fully saturated rings. The second-order valence-electron chi connectivity index (χ2n) is 5.04. The van der Waals surface area contributed by atoms with Crippen molar-refractivity contribution < 1.29 is 14.4 Å². The molecule has 3 rings (SSSR count). The van der Waals surface area contributed by atoms with Gasteiger partial charge in [-0.05, 0) is 22.4 Å². The Kier molecular flexibility index (Phi) is 3.52. The van der Waals surface area contributed by atoms with E-state index >= 15 is 0 Å². The summed E-state index contributed by atoms with van der Waals surface area (Å²) in [6, 6.07) is 12.2. The zero-order chi connectivity index (χ0) is 15.7. The maximum absolute atomic E-state index is 12.0. The highest BCUT2D eigenvalue weighted by molar-refractivity contribution is 5.87. The van der Waals surface area contributed by atoms with E-state index in [1.54, 1.807) is 6.07 Å². The van der Waals surface area contributed by atoms with Gasteiger partial charge in [0.15, 0.2) is 0 Å². The molecule has 0 aliphatic rings. The molecule has 0 amide bonds. The predicted molar refractivity (Wildman–Crippen MR) is 81.6 cm³/mol. The third-order valence-corrected chi connectivity index (χ3v) is 3.53. The van der Waals surface area contributed by atoms with Gasteiger partial charge in [-0.15, -0.1) is 0 Å². The number of aliphatic carboxylic acids is 1. The van der Waals surface area contributed by atoms with E-state index in [1.165, 1.54) is 0 Å². The van der Waals surface area contributed by atoms with E-state index in [4.69, 9.17) is 15.4 Å². The van der Waals surface area contributed by atoms with Crippen LogP contribution >= 0.6 is 0 Å². The number of aromatic nitrogens is 1. The van der Waals surface area contributed by atoms with E-state index in [0.29, 0.717) is 11.1 Å². The summed E-state index contributed by atoms with van der Waals surface area (Å²) in [5.74, 6) is -0.900. The Hall–Kier alpha value is -2.86. The first kappa shape index (κ1) is 14.1. The summed E-state index contributed by atoms with van der Waals surface area (Å²) in [5, 5.41) is 13.2. The van der Waals surface area contributed by atoms with Crippen molar-refractivity contribution >= 4 is 16.7 Å². The third-order valence-electron chi connectivity index (χ3n) is 3.53. The van der Waals surface area contributed by atoms with Gasteiger partial charge < -0.3 is 15.4 Å². The van der Waals surface area contributed by atoms with Crippen molar-refractivity contribution in [3.8, 4) is 11.1 Å². The van der Waals surface area contributed by atoms with Gasteiger partial charge in [-0.1, -0.05) is 36.4 Å². The summed E-state index contributed by atoms with van der Waals surface area (Å²) in [6.07, 6.45) is -0.0593. The van der Waals surface area contributed by atoms with E-state index in [9.17, 15) is 9.59 Å². The number of hydrogen-bond donors (Lipinski definition) is 3. The molecule has 22 heavy (non-hydrogen) atoms. The lowest BCUT2D eigenvalue weighted by Crippen LogP contribution is -2.32. The molecule has 4 N–H and O–H groups in total. The van der Waals surface area contributed by atoms with Gasteiger partial charge in [-0.25, -0.2) is 0 Å². The van der Waals surface area contributed by atoms with Crippen molar-refractivity contribution in [3.05, 3.63) is 58.6 Å². The van der Waals surface area contributed by atoms with Gasteiger partial charge in [0.05, 0.1) is 5.56 Å². The van der Waals surface area contributed by atoms with Gasteiger partial charge >= 0.3 is 5.97 Å². The fourth-order valence-corrected chi connectivity index (χ4v) is 2.40. The Morgan fingerprint density at radius 2 is 1.95 bits per heavy atom. The Morgan fingerprint density at radius 3 is 2.68 bits per heavy atom. The van der Waals surface area contributed by atoms with E-state index in [1.807, 2.05) is 36.4 Å². The topological polar surface area (TPSA) is 109 Å². The SMILES string of the molecule is N[C@H](Cc1o[nH]c(=O)c1-c1ccc2ccccc2c1)C(=O)O. The second kappa shape index (κ2) is 5.50. The van der Waals surface area contributed by atoms with Crippen LogP contribution in [0.5, 0.6) is 0 Å². The number of carbonyl (C=O) groups is 1. The van der Waals surface area contributed by atoms with Crippen molar-refractivity contribution in [1.82, 2.24) is 5.16 Å². The molecule has 1 heterocycles. The van der Waals surface area contributed by atoms with Crippen LogP contribution in [-0.4, -0.2) is 22.3 Å². The minimum Gasteiger partial charge on any atom is -0.480 e. The minimum absolute atomic E-state index is 0.0593. The fourth-order valence-electron chi connectivity index (χ4n) is 2.40. The van der Waals surface area contributed by atoms with E-state index < -0.39 is 17.6 Å². The number of H-pyrrole nitrogens is 1. The second-order valence-corrected chi connectivity index (χ2v) is 5.04. The molecule has 3 aromatic rings. The first-order valence-corrected chi connectivity index (χ1v) is 6.74. The largest absolute Gasteiger partial charge is 0.480 e. The lowest BCUT2D eigenvalue weighted by molar-refractivity contribution is -0.138. The van der Waals surface area contributed by atoms with Gasteiger partial charge in [0.25, 0.3) is 5.56 Å². The van der Waals surface area contributed by atoms with Gasteiger partial charge in [0.1, 0.15) is 11.8 Å². The minimum atomic E-state index is -1.15. The Balaban J connectivity index is 2.08. The van der Waals surface area contributed by atoms with Crippen LogP contribution in [0.3, 0.4) is 0 Å². The molecule has 2 aromatic carbocycles. The van der Waals surface area contributed by atoms with Gasteiger partial charge in [-0.2, -0.15) is 5.16 Å². The third kappa shape index (κ3) is 2.51. The van der Waals surface area contributed by atoms with Gasteiger partial charge in [-0.3, -0.25) is 9.59 Å². The van der Waals surface area contributed by atoms with Crippen LogP contribution < -0.4 is 11.3 Å². The molecule has 6 nitrogen and oxygen atoms in total. The molecule has 6 heteroatoms. The maximum Gasteiger partial charge on any atom is 0.320 e. The zero-order valence-electron chi connectivity index (χ0n) is 11.6. The number of rotatable bonds is 4. The van der Waals surface area contributed by atoms with Gasteiger partial charge in [0, 0.05) is 6.42 Å². The monoisotopic (exact) mass is 298 g/mol. The highest BCUT2D eigenvalue weighted by atomic mass is 16.5. The number of nitrogens with one attached hydrogen (secondary N) is 1. The Bertz CT molecular complexity index is 894. The molecule has 0 saturated carbocycles. The number of carboxylic acids is 1. The number of fused-ring (bicyclic) bond motifs is 1. The molecule has 0 unspecified atom stereocenters. The lowest BCUT2D eigenvalue weighted by Gasteiger charge is -2.06. The zero-order valence-corrected chi connectivity index (χ0v) is 11.6. The van der Waals surface area contributed by atoms with Crippen molar-refractivity contribution in [3.63, 3.8) is 0 Å². The van der Waals surface area contributed by atoms with E-state index in [0.717, 1.165) is 10.8 Å². The van der Waals surface area contributed by atoms with E-state index in [-0.39, 0.29) is 12.2 Å². The standard InChI is InChI=1S/C16H14N2O4/c17-12(16(20)21)8-13-14(15(19)18-22-13)11-6-5-9-3-1-2-4-10(9)7-11/h1-7,12H,8,17H2,(H,18,19)(H,20,21)/t12-/m1/s1. The molecule has 0 spiro atoms. The molecular formula is C16H14N2O4. The highest BCUT2D eigenvalue weighted by Gasteiger charge is 2.21. The van der Waals surface area contributed by atoms with Crippen molar-refractivity contribution in [1.29, 1.82) is 0 Å². The smallest absolute Gasteiger partial charge is 0.320 e. The average molecular weight is 298 g/mol. The van der Waals surface area contributed by atoms with Crippen LogP contribution in [-0.2, 0) is 11.2 Å².